The van der Waals surface area contributed by atoms with Crippen LogP contribution < -0.4 is 9.74 Å². The summed E-state index contributed by atoms with van der Waals surface area (Å²) in [6.07, 6.45) is 1.13. The Morgan fingerprint density at radius 2 is 1.61 bits per heavy atom. The zero-order valence-corrected chi connectivity index (χ0v) is 25.7. The van der Waals surface area contributed by atoms with Gasteiger partial charge in [0.05, 0.1) is 5.39 Å². The fraction of sp³-hybridized carbons (Fsp3) is 0.467. The highest BCUT2D eigenvalue weighted by molar-refractivity contribution is 7.87. The van der Waals surface area contributed by atoms with E-state index in [1.54, 1.807) is 26.1 Å². The molecule has 220 valence electrons. The number of hydrogen-bond acceptors (Lipinski definition) is 7. The summed E-state index contributed by atoms with van der Waals surface area (Å²) >= 11 is 0. The van der Waals surface area contributed by atoms with Crippen LogP contribution in [0.15, 0.2) is 34.0 Å². The smallest absolute Gasteiger partial charge is 0.407 e. The van der Waals surface area contributed by atoms with E-state index in [0.29, 0.717) is 23.2 Å². The van der Waals surface area contributed by atoms with Crippen molar-refractivity contribution >= 4 is 32.7 Å². The minimum Gasteiger partial charge on any atom is -0.465 e. The van der Waals surface area contributed by atoms with Crippen molar-refractivity contribution in [3.63, 3.8) is 0 Å². The predicted molar refractivity (Wildman–Crippen MR) is 158 cm³/mol. The molecule has 2 aromatic heterocycles. The molecule has 11 heteroatoms. The molecule has 0 aliphatic carbocycles. The summed E-state index contributed by atoms with van der Waals surface area (Å²) in [7, 11) is -2.77. The molecule has 1 aromatic carbocycles. The van der Waals surface area contributed by atoms with Crippen LogP contribution in [-0.2, 0) is 17.2 Å². The molecule has 3 aromatic rings. The molecular formula is C30H38N4O6S. The lowest BCUT2D eigenvalue weighted by atomic mass is 9.89. The van der Waals surface area contributed by atoms with E-state index in [4.69, 9.17) is 4.18 Å². The normalized spacial score (nSPS) is 14.3. The molecule has 0 radical (unpaired) electrons. The van der Waals surface area contributed by atoms with E-state index in [9.17, 15) is 23.1 Å². The van der Waals surface area contributed by atoms with Crippen molar-refractivity contribution < 1.29 is 22.5 Å². The fourth-order valence-electron chi connectivity index (χ4n) is 5.12. The molecule has 0 bridgehead atoms. The van der Waals surface area contributed by atoms with Crippen molar-refractivity contribution in [3.05, 3.63) is 62.8 Å². The van der Waals surface area contributed by atoms with Crippen molar-refractivity contribution in [2.75, 3.05) is 13.1 Å². The summed E-state index contributed by atoms with van der Waals surface area (Å²) in [5, 5.41) is 9.48. The average Bonchev–Trinajstić information content (AvgIpc) is 2.89. The molecule has 0 saturated carbocycles. The van der Waals surface area contributed by atoms with Gasteiger partial charge in [0, 0.05) is 25.8 Å². The highest BCUT2D eigenvalue weighted by Crippen LogP contribution is 2.37. The van der Waals surface area contributed by atoms with Crippen LogP contribution in [0.5, 0.6) is 5.88 Å². The lowest BCUT2D eigenvalue weighted by molar-refractivity contribution is 0.150. The largest absolute Gasteiger partial charge is 0.465 e. The van der Waals surface area contributed by atoms with E-state index in [1.165, 1.54) is 9.47 Å². The molecule has 1 aliphatic heterocycles. The first-order valence-electron chi connectivity index (χ1n) is 13.8. The van der Waals surface area contributed by atoms with E-state index in [0.717, 1.165) is 11.1 Å². The third-order valence-corrected chi connectivity index (χ3v) is 8.85. The minimum absolute atomic E-state index is 0.0424. The van der Waals surface area contributed by atoms with Gasteiger partial charge < -0.3 is 18.8 Å². The van der Waals surface area contributed by atoms with E-state index in [1.807, 2.05) is 39.8 Å². The highest BCUT2D eigenvalue weighted by atomic mass is 32.2. The van der Waals surface area contributed by atoms with Gasteiger partial charge in [0.2, 0.25) is 5.88 Å². The van der Waals surface area contributed by atoms with Crippen LogP contribution in [0.4, 0.5) is 4.79 Å². The van der Waals surface area contributed by atoms with Crippen LogP contribution in [-0.4, -0.2) is 52.1 Å². The second-order valence-corrected chi connectivity index (χ2v) is 13.0. The SMILES string of the molecule is Cc1nc(OS(=O)(=O)c2c(C(C)C)cc(C(C)C)cc2C(C)C)c2cc(C3=CCN(C(=O)O)CC3)n(C)c(=O)c2n1. The number of aromatic nitrogens is 3. The third-order valence-electron chi connectivity index (χ3n) is 7.50. The maximum absolute atomic E-state index is 14.1. The van der Waals surface area contributed by atoms with E-state index >= 15 is 0 Å². The first-order valence-corrected chi connectivity index (χ1v) is 15.2. The van der Waals surface area contributed by atoms with Gasteiger partial charge in [-0.2, -0.15) is 13.4 Å². The molecule has 1 N–H and O–H groups in total. The van der Waals surface area contributed by atoms with Gasteiger partial charge in [0.25, 0.3) is 5.56 Å². The number of hydrogen-bond donors (Lipinski definition) is 1. The summed E-state index contributed by atoms with van der Waals surface area (Å²) in [5.74, 6) is 0.0107. The number of carbonyl (C=O) groups is 1. The van der Waals surface area contributed by atoms with Gasteiger partial charge in [-0.3, -0.25) is 4.79 Å². The lowest BCUT2D eigenvalue weighted by Crippen LogP contribution is -2.34. The number of carboxylic acid groups (broad SMARTS) is 1. The van der Waals surface area contributed by atoms with Crippen molar-refractivity contribution in [1.82, 2.24) is 19.4 Å². The van der Waals surface area contributed by atoms with Crippen molar-refractivity contribution in [2.24, 2.45) is 7.05 Å². The van der Waals surface area contributed by atoms with Gasteiger partial charge in [-0.05, 0) is 59.4 Å². The second-order valence-electron chi connectivity index (χ2n) is 11.5. The molecule has 4 rings (SSSR count). The average molecular weight is 583 g/mol. The zero-order valence-electron chi connectivity index (χ0n) is 24.8. The molecule has 1 aliphatic rings. The molecule has 10 nitrogen and oxygen atoms in total. The standard InChI is InChI=1S/C30H38N4O6S/c1-16(2)21-13-22(17(3)4)27(23(14-21)18(5)6)41(38,39)40-28-24-15-25(20-9-11-34(12-10-20)30(36)37)33(8)29(35)26(24)31-19(7)32-28/h9,13-18H,10-12H2,1-8H3,(H,36,37). The zero-order chi connectivity index (χ0) is 30.4. The molecule has 0 saturated heterocycles. The van der Waals surface area contributed by atoms with Crippen LogP contribution in [0.25, 0.3) is 16.5 Å². The molecule has 41 heavy (non-hydrogen) atoms. The van der Waals surface area contributed by atoms with Crippen LogP contribution in [0.1, 0.15) is 93.9 Å². The van der Waals surface area contributed by atoms with Gasteiger partial charge in [0.1, 0.15) is 16.2 Å². The summed E-state index contributed by atoms with van der Waals surface area (Å²) in [6, 6.07) is 5.52. The van der Waals surface area contributed by atoms with E-state index < -0.39 is 21.8 Å². The predicted octanol–water partition coefficient (Wildman–Crippen LogP) is 5.54. The molecule has 0 fully saturated rings. The lowest BCUT2D eigenvalue weighted by Gasteiger charge is -2.25. The van der Waals surface area contributed by atoms with E-state index in [2.05, 4.69) is 23.8 Å². The first kappa shape index (κ1) is 30.2. The Labute approximate surface area is 240 Å². The number of fused-ring (bicyclic) bond motifs is 1. The van der Waals surface area contributed by atoms with Gasteiger partial charge in [-0.25, -0.2) is 9.78 Å². The number of benzene rings is 1. The Morgan fingerprint density at radius 3 is 2.10 bits per heavy atom. The Morgan fingerprint density at radius 1 is 1.00 bits per heavy atom. The minimum atomic E-state index is -4.38. The summed E-state index contributed by atoms with van der Waals surface area (Å²) in [5.41, 5.74) is 3.29. The molecule has 0 spiro atoms. The number of rotatable bonds is 7. The summed E-state index contributed by atoms with van der Waals surface area (Å²) in [4.78, 5) is 34.8. The van der Waals surface area contributed by atoms with Crippen molar-refractivity contribution in [2.45, 2.75) is 77.5 Å². The highest BCUT2D eigenvalue weighted by Gasteiger charge is 2.30. The summed E-state index contributed by atoms with van der Waals surface area (Å²) in [6.45, 7) is 14.0. The fourth-order valence-corrected chi connectivity index (χ4v) is 6.71. The van der Waals surface area contributed by atoms with Crippen molar-refractivity contribution in [1.29, 1.82) is 0 Å². The van der Waals surface area contributed by atoms with Crippen molar-refractivity contribution in [3.8, 4) is 5.88 Å². The molecule has 0 unspecified atom stereocenters. The molecule has 0 atom stereocenters. The second kappa shape index (κ2) is 11.3. The van der Waals surface area contributed by atoms with Gasteiger partial charge in [-0.1, -0.05) is 59.8 Å². The molecular weight excluding hydrogens is 544 g/mol. The van der Waals surface area contributed by atoms with Crippen LogP contribution >= 0.6 is 0 Å². The Kier molecular flexibility index (Phi) is 8.31. The Hall–Kier alpha value is -3.73. The maximum Gasteiger partial charge on any atom is 0.407 e. The van der Waals surface area contributed by atoms with Crippen LogP contribution in [0.2, 0.25) is 0 Å². The van der Waals surface area contributed by atoms with Gasteiger partial charge in [-0.15, -0.1) is 0 Å². The summed E-state index contributed by atoms with van der Waals surface area (Å²) < 4.78 is 35.4. The van der Waals surface area contributed by atoms with Crippen LogP contribution in [0, 0.1) is 6.92 Å². The quantitative estimate of drug-likeness (QED) is 0.359. The molecule has 1 amide bonds. The number of amides is 1. The molecule has 3 heterocycles. The first-order chi connectivity index (χ1) is 19.1. The Balaban J connectivity index is 1.92. The third kappa shape index (κ3) is 5.86. The van der Waals surface area contributed by atoms with Gasteiger partial charge in [0.15, 0.2) is 0 Å². The Bertz CT molecular complexity index is 1690. The maximum atomic E-state index is 14.1. The topological polar surface area (TPSA) is 132 Å². The van der Waals surface area contributed by atoms with E-state index in [-0.39, 0.29) is 58.3 Å². The van der Waals surface area contributed by atoms with Crippen LogP contribution in [0.3, 0.4) is 0 Å². The number of nitrogens with zero attached hydrogens (tertiary/aromatic N) is 4. The number of pyridine rings is 1. The van der Waals surface area contributed by atoms with Gasteiger partial charge >= 0.3 is 16.2 Å². The number of aryl methyl sites for hydroxylation is 1. The monoisotopic (exact) mass is 582 g/mol.